The minimum absolute atomic E-state index is 0.125. The minimum atomic E-state index is -0.125. The predicted octanol–water partition coefficient (Wildman–Crippen LogP) is 4.32. The SMILES string of the molecule is CCCCCCC=CCCCCCCCC(=O)OCCNC(N)=NC. The van der Waals surface area contributed by atoms with E-state index in [0.29, 0.717) is 25.5 Å². The molecule has 0 radical (unpaired) electrons. The number of carbonyl (C=O) groups is 1. The lowest BCUT2D eigenvalue weighted by atomic mass is 10.1. The molecule has 0 aliphatic rings. The van der Waals surface area contributed by atoms with Crippen molar-refractivity contribution in [3.05, 3.63) is 12.2 Å². The summed E-state index contributed by atoms with van der Waals surface area (Å²) in [5, 5.41) is 2.85. The number of esters is 1. The third-order valence-electron chi connectivity index (χ3n) is 4.05. The molecule has 0 saturated carbocycles. The molecule has 0 saturated heterocycles. The molecule has 0 aromatic carbocycles. The number of aliphatic imine (C=N–C) groups is 1. The van der Waals surface area contributed by atoms with E-state index in [9.17, 15) is 4.79 Å². The lowest BCUT2D eigenvalue weighted by Crippen LogP contribution is -2.34. The molecule has 25 heavy (non-hydrogen) atoms. The Bertz CT molecular complexity index is 368. The fraction of sp³-hybridized carbons (Fsp3) is 0.800. The molecule has 0 aliphatic heterocycles. The quantitative estimate of drug-likeness (QED) is 0.142. The van der Waals surface area contributed by atoms with Crippen molar-refractivity contribution in [1.82, 2.24) is 5.32 Å². The molecule has 0 aromatic rings. The van der Waals surface area contributed by atoms with Gasteiger partial charge in [-0.2, -0.15) is 0 Å². The van der Waals surface area contributed by atoms with Crippen LogP contribution in [0, 0.1) is 0 Å². The third kappa shape index (κ3) is 18.7. The Morgan fingerprint density at radius 2 is 1.60 bits per heavy atom. The first-order chi connectivity index (χ1) is 12.2. The van der Waals surface area contributed by atoms with Crippen molar-refractivity contribution in [1.29, 1.82) is 0 Å². The molecule has 0 spiro atoms. The van der Waals surface area contributed by atoms with Crippen LogP contribution < -0.4 is 11.1 Å². The fourth-order valence-electron chi connectivity index (χ4n) is 2.48. The lowest BCUT2D eigenvalue weighted by molar-refractivity contribution is -0.143. The summed E-state index contributed by atoms with van der Waals surface area (Å²) in [6, 6.07) is 0. The number of nitrogens with zero attached hydrogens (tertiary/aromatic N) is 1. The fourth-order valence-corrected chi connectivity index (χ4v) is 2.48. The van der Waals surface area contributed by atoms with Crippen LogP contribution in [0.5, 0.6) is 0 Å². The van der Waals surface area contributed by atoms with Crippen molar-refractivity contribution in [3.63, 3.8) is 0 Å². The molecular weight excluding hydrogens is 314 g/mol. The van der Waals surface area contributed by atoms with Gasteiger partial charge in [-0.25, -0.2) is 0 Å². The van der Waals surface area contributed by atoms with Gasteiger partial charge < -0.3 is 15.8 Å². The van der Waals surface area contributed by atoms with Gasteiger partial charge in [0, 0.05) is 13.5 Å². The van der Waals surface area contributed by atoms with Crippen molar-refractivity contribution < 1.29 is 9.53 Å². The summed E-state index contributed by atoms with van der Waals surface area (Å²) in [5.74, 6) is 0.238. The number of unbranched alkanes of at least 4 members (excludes halogenated alkanes) is 9. The number of allylic oxidation sites excluding steroid dienone is 2. The molecule has 0 aliphatic carbocycles. The van der Waals surface area contributed by atoms with Crippen LogP contribution in [-0.2, 0) is 9.53 Å². The van der Waals surface area contributed by atoms with Gasteiger partial charge >= 0.3 is 5.97 Å². The van der Waals surface area contributed by atoms with Crippen molar-refractivity contribution in [3.8, 4) is 0 Å². The first kappa shape index (κ1) is 23.5. The van der Waals surface area contributed by atoms with Crippen molar-refractivity contribution in [2.75, 3.05) is 20.2 Å². The number of ether oxygens (including phenoxy) is 1. The van der Waals surface area contributed by atoms with Crippen molar-refractivity contribution in [2.24, 2.45) is 10.7 Å². The molecule has 0 heterocycles. The summed E-state index contributed by atoms with van der Waals surface area (Å²) >= 11 is 0. The zero-order valence-electron chi connectivity index (χ0n) is 16.4. The number of hydrogen-bond acceptors (Lipinski definition) is 3. The summed E-state index contributed by atoms with van der Waals surface area (Å²) in [7, 11) is 1.61. The molecule has 5 heteroatoms. The minimum Gasteiger partial charge on any atom is -0.464 e. The van der Waals surface area contributed by atoms with Crippen LogP contribution in [0.15, 0.2) is 17.1 Å². The van der Waals surface area contributed by atoms with Crippen LogP contribution in [0.4, 0.5) is 0 Å². The van der Waals surface area contributed by atoms with Gasteiger partial charge in [0.25, 0.3) is 0 Å². The Morgan fingerprint density at radius 3 is 2.24 bits per heavy atom. The van der Waals surface area contributed by atoms with Gasteiger partial charge in [0.1, 0.15) is 6.61 Å². The van der Waals surface area contributed by atoms with Gasteiger partial charge in [0.15, 0.2) is 5.96 Å². The smallest absolute Gasteiger partial charge is 0.305 e. The molecule has 0 fully saturated rings. The third-order valence-corrected chi connectivity index (χ3v) is 4.05. The van der Waals surface area contributed by atoms with E-state index in [1.165, 1.54) is 57.8 Å². The van der Waals surface area contributed by atoms with Gasteiger partial charge in [-0.1, -0.05) is 57.6 Å². The highest BCUT2D eigenvalue weighted by Gasteiger charge is 2.02. The molecule has 0 atom stereocenters. The van der Waals surface area contributed by atoms with Crippen molar-refractivity contribution >= 4 is 11.9 Å². The Balaban J connectivity index is 3.27. The van der Waals surface area contributed by atoms with Gasteiger partial charge in [-0.05, 0) is 32.1 Å². The number of nitrogens with two attached hydrogens (primary N) is 1. The number of nitrogens with one attached hydrogen (secondary N) is 1. The molecule has 0 bridgehead atoms. The number of guanidine groups is 1. The van der Waals surface area contributed by atoms with E-state index >= 15 is 0 Å². The van der Waals surface area contributed by atoms with Gasteiger partial charge in [0.05, 0.1) is 6.54 Å². The Morgan fingerprint density at radius 1 is 1.00 bits per heavy atom. The Hall–Kier alpha value is -1.52. The molecule has 0 rings (SSSR count). The Kier molecular flexibility index (Phi) is 17.7. The van der Waals surface area contributed by atoms with E-state index in [-0.39, 0.29) is 5.97 Å². The highest BCUT2D eigenvalue weighted by atomic mass is 16.5. The summed E-state index contributed by atoms with van der Waals surface area (Å²) in [6.07, 6.45) is 18.7. The maximum absolute atomic E-state index is 11.5. The second-order valence-corrected chi connectivity index (χ2v) is 6.38. The van der Waals surface area contributed by atoms with E-state index in [2.05, 4.69) is 29.4 Å². The Labute approximate surface area is 154 Å². The molecule has 0 aromatic heterocycles. The van der Waals surface area contributed by atoms with Crippen LogP contribution in [-0.4, -0.2) is 32.1 Å². The zero-order valence-corrected chi connectivity index (χ0v) is 16.4. The van der Waals surface area contributed by atoms with E-state index in [1.807, 2.05) is 0 Å². The zero-order chi connectivity index (χ0) is 18.6. The lowest BCUT2D eigenvalue weighted by Gasteiger charge is -2.06. The van der Waals surface area contributed by atoms with Gasteiger partial charge in [0.2, 0.25) is 0 Å². The normalized spacial score (nSPS) is 11.8. The van der Waals surface area contributed by atoms with Crippen LogP contribution in [0.1, 0.15) is 84.0 Å². The first-order valence-corrected chi connectivity index (χ1v) is 9.97. The topological polar surface area (TPSA) is 76.7 Å². The predicted molar refractivity (Wildman–Crippen MR) is 107 cm³/mol. The first-order valence-electron chi connectivity index (χ1n) is 9.97. The monoisotopic (exact) mass is 353 g/mol. The maximum atomic E-state index is 11.5. The van der Waals surface area contributed by atoms with Crippen LogP contribution in [0.3, 0.4) is 0 Å². The summed E-state index contributed by atoms with van der Waals surface area (Å²) in [4.78, 5) is 15.3. The highest BCUT2D eigenvalue weighted by Crippen LogP contribution is 2.09. The maximum Gasteiger partial charge on any atom is 0.305 e. The van der Waals surface area contributed by atoms with Gasteiger partial charge in [-0.3, -0.25) is 9.79 Å². The van der Waals surface area contributed by atoms with E-state index in [0.717, 1.165) is 12.8 Å². The van der Waals surface area contributed by atoms with Crippen molar-refractivity contribution in [2.45, 2.75) is 84.0 Å². The van der Waals surface area contributed by atoms with E-state index in [1.54, 1.807) is 7.05 Å². The van der Waals surface area contributed by atoms with Gasteiger partial charge in [-0.15, -0.1) is 0 Å². The summed E-state index contributed by atoms with van der Waals surface area (Å²) in [5.41, 5.74) is 5.47. The van der Waals surface area contributed by atoms with Crippen LogP contribution in [0.25, 0.3) is 0 Å². The highest BCUT2D eigenvalue weighted by molar-refractivity contribution is 5.77. The molecule has 3 N–H and O–H groups in total. The number of hydrogen-bond donors (Lipinski definition) is 2. The molecule has 0 unspecified atom stereocenters. The molecule has 146 valence electrons. The molecule has 0 amide bonds. The summed E-state index contributed by atoms with van der Waals surface area (Å²) < 4.78 is 5.12. The number of carbonyl (C=O) groups excluding carboxylic acids is 1. The number of rotatable bonds is 16. The summed E-state index contributed by atoms with van der Waals surface area (Å²) in [6.45, 7) is 3.08. The van der Waals surface area contributed by atoms with Crippen LogP contribution >= 0.6 is 0 Å². The van der Waals surface area contributed by atoms with Crippen LogP contribution in [0.2, 0.25) is 0 Å². The van der Waals surface area contributed by atoms with E-state index in [4.69, 9.17) is 10.5 Å². The largest absolute Gasteiger partial charge is 0.464 e. The molecule has 5 nitrogen and oxygen atoms in total. The standard InChI is InChI=1S/C20H39N3O2/c1-3-4-5-6-7-8-9-10-11-12-13-14-15-16-19(24)25-18-17-23-20(21)22-2/h8-9H,3-7,10-18H2,1-2H3,(H3,21,22,23). The average Bonchev–Trinajstić information content (AvgIpc) is 2.62. The second kappa shape index (κ2) is 18.8. The average molecular weight is 354 g/mol. The molecular formula is C20H39N3O2. The van der Waals surface area contributed by atoms with E-state index < -0.39 is 0 Å². The second-order valence-electron chi connectivity index (χ2n) is 6.38.